The van der Waals surface area contributed by atoms with Gasteiger partial charge in [-0.3, -0.25) is 9.98 Å². The van der Waals surface area contributed by atoms with Crippen LogP contribution >= 0.6 is 40.5 Å². The maximum absolute atomic E-state index is 5.57. The fraction of sp³-hybridized carbons (Fsp3) is 0.800. The second-order valence-electron chi connectivity index (χ2n) is 3.23. The zero-order valence-electron chi connectivity index (χ0n) is 10.5. The van der Waals surface area contributed by atoms with Crippen LogP contribution in [-0.4, -0.2) is 35.9 Å². The van der Waals surface area contributed by atoms with Crippen LogP contribution in [0.1, 0.15) is 25.7 Å². The van der Waals surface area contributed by atoms with Gasteiger partial charge in [0.25, 0.3) is 0 Å². The molecule has 0 heterocycles. The Morgan fingerprint density at radius 3 is 1.47 bits per heavy atom. The predicted octanol–water partition coefficient (Wildman–Crippen LogP) is 2.48. The van der Waals surface area contributed by atoms with E-state index >= 15 is 0 Å². The van der Waals surface area contributed by atoms with Crippen molar-refractivity contribution in [3.05, 3.63) is 0 Å². The highest BCUT2D eigenvalue weighted by Gasteiger charge is 1.95. The number of amidine groups is 2. The summed E-state index contributed by atoms with van der Waals surface area (Å²) >= 11 is 3.26. The molecule has 0 aromatic rings. The number of thioether (sulfide) groups is 2. The van der Waals surface area contributed by atoms with Crippen molar-refractivity contribution in [2.75, 3.05) is 25.6 Å². The number of hydrogen-bond acceptors (Lipinski definition) is 4. The fourth-order valence-corrected chi connectivity index (χ4v) is 2.41. The lowest BCUT2D eigenvalue weighted by Crippen LogP contribution is -2.07. The molecule has 0 aliphatic carbocycles. The molecule has 0 atom stereocenters. The maximum Gasteiger partial charge on any atom is 0.153 e. The summed E-state index contributed by atoms with van der Waals surface area (Å²) in [6, 6.07) is 0. The summed E-state index contributed by atoms with van der Waals surface area (Å²) in [4.78, 5) is 7.78. The Morgan fingerprint density at radius 1 is 0.824 bits per heavy atom. The lowest BCUT2D eigenvalue weighted by atomic mass is 10.2. The van der Waals surface area contributed by atoms with Crippen molar-refractivity contribution in [3.63, 3.8) is 0 Å². The summed E-state index contributed by atoms with van der Waals surface area (Å²) in [6.07, 6.45) is 4.88. The molecule has 7 heteroatoms. The van der Waals surface area contributed by atoms with E-state index in [2.05, 4.69) is 9.98 Å². The molecule has 17 heavy (non-hydrogen) atoms. The second-order valence-corrected chi connectivity index (χ2v) is 5.47. The molecular formula is C10H23BrN4S2. The molecule has 4 nitrogen and oxygen atoms in total. The molecule has 0 rings (SSSR count). The number of nitrogens with two attached hydrogens (primary N) is 2. The third-order valence-corrected chi connectivity index (χ3v) is 3.92. The van der Waals surface area contributed by atoms with E-state index in [4.69, 9.17) is 11.5 Å². The minimum atomic E-state index is 0. The van der Waals surface area contributed by atoms with Crippen LogP contribution in [0.5, 0.6) is 0 Å². The zero-order valence-corrected chi connectivity index (χ0v) is 13.9. The molecule has 0 saturated carbocycles. The van der Waals surface area contributed by atoms with E-state index in [9.17, 15) is 0 Å². The molecule has 0 aromatic carbocycles. The number of aliphatic imine (C=N–C) groups is 2. The van der Waals surface area contributed by atoms with Crippen molar-refractivity contribution in [2.24, 2.45) is 21.5 Å². The van der Waals surface area contributed by atoms with Crippen LogP contribution in [0.4, 0.5) is 0 Å². The zero-order chi connectivity index (χ0) is 12.2. The van der Waals surface area contributed by atoms with Crippen LogP contribution < -0.4 is 11.5 Å². The molecule has 0 radical (unpaired) electrons. The van der Waals surface area contributed by atoms with Gasteiger partial charge in [0.2, 0.25) is 0 Å². The van der Waals surface area contributed by atoms with Crippen LogP contribution in [0, 0.1) is 0 Å². The lowest BCUT2D eigenvalue weighted by Gasteiger charge is -2.01. The second kappa shape index (κ2) is 14.2. The third kappa shape index (κ3) is 14.1. The number of nitrogens with zero attached hydrogens (tertiary/aromatic N) is 2. The topological polar surface area (TPSA) is 76.8 Å². The van der Waals surface area contributed by atoms with Gasteiger partial charge in [-0.05, 0) is 12.8 Å². The quantitative estimate of drug-likeness (QED) is 0.423. The summed E-state index contributed by atoms with van der Waals surface area (Å²) in [5, 5.41) is 1.37. The highest BCUT2D eigenvalue weighted by Crippen LogP contribution is 2.10. The first-order chi connectivity index (χ1) is 7.70. The van der Waals surface area contributed by atoms with Gasteiger partial charge in [0, 0.05) is 25.6 Å². The molecule has 102 valence electrons. The van der Waals surface area contributed by atoms with Crippen LogP contribution in [0.15, 0.2) is 9.98 Å². The van der Waals surface area contributed by atoms with Crippen LogP contribution in [0.25, 0.3) is 0 Å². The summed E-state index contributed by atoms with van der Waals surface area (Å²) in [7, 11) is 3.44. The Balaban J connectivity index is 0. The van der Waals surface area contributed by atoms with Gasteiger partial charge in [0.15, 0.2) is 10.3 Å². The Morgan fingerprint density at radius 2 is 1.18 bits per heavy atom. The van der Waals surface area contributed by atoms with E-state index in [1.165, 1.54) is 25.7 Å². The number of unbranched alkanes of at least 4 members (excludes halogenated alkanes) is 3. The molecular weight excluding hydrogens is 320 g/mol. The first kappa shape index (κ1) is 19.5. The van der Waals surface area contributed by atoms with Crippen molar-refractivity contribution < 1.29 is 0 Å². The molecule has 0 unspecified atom stereocenters. The Labute approximate surface area is 123 Å². The van der Waals surface area contributed by atoms with Crippen molar-refractivity contribution >= 4 is 50.8 Å². The first-order valence-electron chi connectivity index (χ1n) is 5.40. The van der Waals surface area contributed by atoms with E-state index in [1.807, 2.05) is 0 Å². The summed E-state index contributed by atoms with van der Waals surface area (Å²) in [5.41, 5.74) is 11.1. The number of hydrogen-bond donors (Lipinski definition) is 2. The van der Waals surface area contributed by atoms with Crippen LogP contribution in [-0.2, 0) is 0 Å². The molecule has 0 spiro atoms. The molecule has 0 aliphatic heterocycles. The van der Waals surface area contributed by atoms with Gasteiger partial charge in [-0.1, -0.05) is 36.4 Å². The average molecular weight is 343 g/mol. The lowest BCUT2D eigenvalue weighted by molar-refractivity contribution is 0.712. The smallest absolute Gasteiger partial charge is 0.153 e. The minimum absolute atomic E-state index is 0. The van der Waals surface area contributed by atoms with Gasteiger partial charge >= 0.3 is 0 Å². The normalized spacial score (nSPS) is 12.4. The van der Waals surface area contributed by atoms with Gasteiger partial charge < -0.3 is 11.5 Å². The molecule has 0 saturated heterocycles. The van der Waals surface area contributed by atoms with E-state index in [1.54, 1.807) is 37.6 Å². The standard InChI is InChI=1S/C10H22N4S2.BrH/c1-13-9(11)15-7-5-3-4-6-8-16-10(12)14-2;/h3-8H2,1-2H3,(H2,11,13)(H2,12,14);1H. The van der Waals surface area contributed by atoms with E-state index in [0.717, 1.165) is 11.5 Å². The molecule has 0 fully saturated rings. The summed E-state index contributed by atoms with van der Waals surface area (Å²) in [5.74, 6) is 2.13. The maximum atomic E-state index is 5.57. The van der Waals surface area contributed by atoms with Gasteiger partial charge in [0.1, 0.15) is 0 Å². The highest BCUT2D eigenvalue weighted by molar-refractivity contribution is 8.93. The molecule has 4 N–H and O–H groups in total. The van der Waals surface area contributed by atoms with E-state index in [-0.39, 0.29) is 17.0 Å². The number of rotatable bonds is 7. The van der Waals surface area contributed by atoms with Crippen molar-refractivity contribution in [1.29, 1.82) is 0 Å². The van der Waals surface area contributed by atoms with Crippen molar-refractivity contribution in [2.45, 2.75) is 25.7 Å². The number of halogens is 1. The summed E-state index contributed by atoms with van der Waals surface area (Å²) < 4.78 is 0. The molecule has 0 amide bonds. The van der Waals surface area contributed by atoms with Crippen LogP contribution in [0.2, 0.25) is 0 Å². The third-order valence-electron chi connectivity index (χ3n) is 1.98. The monoisotopic (exact) mass is 342 g/mol. The molecule has 0 aliphatic rings. The largest absolute Gasteiger partial charge is 0.379 e. The Hall–Kier alpha value is 0.120. The van der Waals surface area contributed by atoms with E-state index < -0.39 is 0 Å². The van der Waals surface area contributed by atoms with Crippen molar-refractivity contribution in [1.82, 2.24) is 0 Å². The van der Waals surface area contributed by atoms with Gasteiger partial charge in [-0.15, -0.1) is 17.0 Å². The van der Waals surface area contributed by atoms with E-state index in [0.29, 0.717) is 10.3 Å². The van der Waals surface area contributed by atoms with Crippen molar-refractivity contribution in [3.8, 4) is 0 Å². The van der Waals surface area contributed by atoms with Gasteiger partial charge in [0.05, 0.1) is 0 Å². The predicted molar refractivity (Wildman–Crippen MR) is 88.8 cm³/mol. The Kier molecular flexibility index (Phi) is 16.2. The van der Waals surface area contributed by atoms with Gasteiger partial charge in [-0.25, -0.2) is 0 Å². The minimum Gasteiger partial charge on any atom is -0.379 e. The molecule has 0 aromatic heterocycles. The highest BCUT2D eigenvalue weighted by atomic mass is 79.9. The van der Waals surface area contributed by atoms with Gasteiger partial charge in [-0.2, -0.15) is 0 Å². The van der Waals surface area contributed by atoms with Crippen LogP contribution in [0.3, 0.4) is 0 Å². The fourth-order valence-electron chi connectivity index (χ4n) is 1.04. The average Bonchev–Trinajstić information content (AvgIpc) is 2.31. The summed E-state index contributed by atoms with van der Waals surface area (Å²) in [6.45, 7) is 0. The first-order valence-corrected chi connectivity index (χ1v) is 7.38. The molecule has 0 bridgehead atoms. The Bertz CT molecular complexity index is 210. The SMILES string of the molecule is Br.CN=C(N)SCCCCCCSC(N)=NC.